The minimum Gasteiger partial charge on any atom is -0.454 e. The molecule has 0 spiro atoms. The van der Waals surface area contributed by atoms with Gasteiger partial charge in [0.2, 0.25) is 18.6 Å². The molecule has 22 heavy (non-hydrogen) atoms. The molecule has 1 fully saturated rings. The SMILES string of the molecule is CCCCNC(=O)C1CC(=O)N(c2ccc3c(c2)OCO3)C1. The quantitative estimate of drug-likeness (QED) is 0.841. The van der Waals surface area contributed by atoms with Crippen LogP contribution >= 0.6 is 0 Å². The number of benzene rings is 1. The lowest BCUT2D eigenvalue weighted by Crippen LogP contribution is -2.33. The Kier molecular flexibility index (Phi) is 4.18. The molecule has 0 bridgehead atoms. The molecule has 1 saturated heterocycles. The summed E-state index contributed by atoms with van der Waals surface area (Å²) in [7, 11) is 0. The zero-order valence-corrected chi connectivity index (χ0v) is 12.6. The van der Waals surface area contributed by atoms with Gasteiger partial charge in [-0.25, -0.2) is 0 Å². The molecule has 6 heteroatoms. The zero-order chi connectivity index (χ0) is 15.5. The summed E-state index contributed by atoms with van der Waals surface area (Å²) < 4.78 is 10.6. The molecule has 2 amide bonds. The molecule has 0 aromatic heterocycles. The second kappa shape index (κ2) is 6.25. The molecule has 1 atom stereocenters. The molecule has 1 aromatic carbocycles. The van der Waals surface area contributed by atoms with Crippen molar-refractivity contribution in [3.05, 3.63) is 18.2 Å². The standard InChI is InChI=1S/C16H20N2O4/c1-2-3-6-17-16(20)11-7-15(19)18(9-11)12-4-5-13-14(8-12)22-10-21-13/h4-5,8,11H,2-3,6-7,9-10H2,1H3,(H,17,20). The Morgan fingerprint density at radius 2 is 2.18 bits per heavy atom. The number of carbonyl (C=O) groups excluding carboxylic acids is 2. The van der Waals surface area contributed by atoms with Crippen LogP contribution in [0.25, 0.3) is 0 Å². The number of rotatable bonds is 5. The molecular formula is C16H20N2O4. The van der Waals surface area contributed by atoms with Gasteiger partial charge < -0.3 is 19.7 Å². The van der Waals surface area contributed by atoms with Gasteiger partial charge in [-0.2, -0.15) is 0 Å². The van der Waals surface area contributed by atoms with E-state index < -0.39 is 0 Å². The lowest BCUT2D eigenvalue weighted by Gasteiger charge is -2.17. The number of unbranched alkanes of at least 4 members (excludes halogenated alkanes) is 1. The van der Waals surface area contributed by atoms with Crippen molar-refractivity contribution in [1.29, 1.82) is 0 Å². The number of nitrogens with zero attached hydrogens (tertiary/aromatic N) is 1. The Balaban J connectivity index is 1.66. The van der Waals surface area contributed by atoms with E-state index in [0.717, 1.165) is 18.5 Å². The first-order valence-corrected chi connectivity index (χ1v) is 7.66. The van der Waals surface area contributed by atoms with Crippen LogP contribution in [-0.2, 0) is 9.59 Å². The average molecular weight is 304 g/mol. The fourth-order valence-electron chi connectivity index (χ4n) is 2.72. The summed E-state index contributed by atoms with van der Waals surface area (Å²) in [5, 5.41) is 2.90. The van der Waals surface area contributed by atoms with Crippen LogP contribution in [-0.4, -0.2) is 31.7 Å². The van der Waals surface area contributed by atoms with Crippen LogP contribution in [0.1, 0.15) is 26.2 Å². The van der Waals surface area contributed by atoms with Gasteiger partial charge in [-0.1, -0.05) is 13.3 Å². The summed E-state index contributed by atoms with van der Waals surface area (Å²) in [5.41, 5.74) is 0.748. The van der Waals surface area contributed by atoms with Crippen LogP contribution in [0.2, 0.25) is 0 Å². The third-order valence-corrected chi connectivity index (χ3v) is 3.99. The van der Waals surface area contributed by atoms with Crippen molar-refractivity contribution >= 4 is 17.5 Å². The van der Waals surface area contributed by atoms with Crippen LogP contribution in [0.5, 0.6) is 11.5 Å². The van der Waals surface area contributed by atoms with Crippen LogP contribution in [0.15, 0.2) is 18.2 Å². The number of anilines is 1. The maximum Gasteiger partial charge on any atom is 0.231 e. The number of fused-ring (bicyclic) bond motifs is 1. The van der Waals surface area contributed by atoms with Crippen LogP contribution in [0.3, 0.4) is 0 Å². The van der Waals surface area contributed by atoms with Crippen molar-refractivity contribution < 1.29 is 19.1 Å². The Morgan fingerprint density at radius 3 is 3.00 bits per heavy atom. The highest BCUT2D eigenvalue weighted by atomic mass is 16.7. The fourth-order valence-corrected chi connectivity index (χ4v) is 2.72. The molecule has 2 aliphatic heterocycles. The van der Waals surface area contributed by atoms with E-state index in [1.54, 1.807) is 17.0 Å². The van der Waals surface area contributed by atoms with E-state index in [1.165, 1.54) is 0 Å². The first-order chi connectivity index (χ1) is 10.7. The molecule has 0 radical (unpaired) electrons. The maximum absolute atomic E-state index is 12.2. The maximum atomic E-state index is 12.2. The van der Waals surface area contributed by atoms with Crippen molar-refractivity contribution in [2.24, 2.45) is 5.92 Å². The molecule has 1 N–H and O–H groups in total. The summed E-state index contributed by atoms with van der Waals surface area (Å²) in [4.78, 5) is 25.9. The van der Waals surface area contributed by atoms with Gasteiger partial charge in [-0.05, 0) is 18.6 Å². The molecule has 118 valence electrons. The minimum absolute atomic E-state index is 0.0329. The summed E-state index contributed by atoms with van der Waals surface area (Å²) in [6.45, 7) is 3.36. The molecule has 6 nitrogen and oxygen atoms in total. The van der Waals surface area contributed by atoms with Crippen molar-refractivity contribution in [1.82, 2.24) is 5.32 Å². The molecule has 1 aromatic rings. The van der Waals surface area contributed by atoms with Gasteiger partial charge in [0.05, 0.1) is 5.92 Å². The van der Waals surface area contributed by atoms with E-state index in [1.807, 2.05) is 6.07 Å². The van der Waals surface area contributed by atoms with Crippen LogP contribution < -0.4 is 19.7 Å². The van der Waals surface area contributed by atoms with Gasteiger partial charge in [-0.3, -0.25) is 9.59 Å². The van der Waals surface area contributed by atoms with E-state index in [2.05, 4.69) is 12.2 Å². The van der Waals surface area contributed by atoms with E-state index in [9.17, 15) is 9.59 Å². The van der Waals surface area contributed by atoms with E-state index in [0.29, 0.717) is 24.6 Å². The average Bonchev–Trinajstić information content (AvgIpc) is 3.12. The summed E-state index contributed by atoms with van der Waals surface area (Å²) >= 11 is 0. The van der Waals surface area contributed by atoms with Crippen molar-refractivity contribution in [2.75, 3.05) is 24.8 Å². The zero-order valence-electron chi connectivity index (χ0n) is 12.6. The second-order valence-corrected chi connectivity index (χ2v) is 5.59. The third-order valence-electron chi connectivity index (χ3n) is 3.99. The highest BCUT2D eigenvalue weighted by Gasteiger charge is 2.35. The molecule has 2 aliphatic rings. The second-order valence-electron chi connectivity index (χ2n) is 5.59. The number of carbonyl (C=O) groups is 2. The third kappa shape index (κ3) is 2.86. The van der Waals surface area contributed by atoms with Gasteiger partial charge in [-0.15, -0.1) is 0 Å². The van der Waals surface area contributed by atoms with E-state index in [4.69, 9.17) is 9.47 Å². The van der Waals surface area contributed by atoms with Gasteiger partial charge in [0.25, 0.3) is 0 Å². The normalized spacial score (nSPS) is 19.6. The predicted molar refractivity (Wildman–Crippen MR) is 80.9 cm³/mol. The Morgan fingerprint density at radius 1 is 1.36 bits per heavy atom. The van der Waals surface area contributed by atoms with Gasteiger partial charge in [0.1, 0.15) is 0 Å². The van der Waals surface area contributed by atoms with Gasteiger partial charge in [0.15, 0.2) is 11.5 Å². The Bertz CT molecular complexity index is 588. The number of hydrogen-bond acceptors (Lipinski definition) is 4. The highest BCUT2D eigenvalue weighted by Crippen LogP contribution is 2.37. The minimum atomic E-state index is -0.283. The lowest BCUT2D eigenvalue weighted by molar-refractivity contribution is -0.126. The van der Waals surface area contributed by atoms with Crippen molar-refractivity contribution in [3.8, 4) is 11.5 Å². The Labute approximate surface area is 129 Å². The van der Waals surface area contributed by atoms with E-state index in [-0.39, 0.29) is 30.9 Å². The van der Waals surface area contributed by atoms with Crippen LogP contribution in [0.4, 0.5) is 5.69 Å². The molecule has 1 unspecified atom stereocenters. The number of amides is 2. The van der Waals surface area contributed by atoms with Gasteiger partial charge >= 0.3 is 0 Å². The molecule has 0 aliphatic carbocycles. The first-order valence-electron chi connectivity index (χ1n) is 7.66. The first kappa shape index (κ1) is 14.7. The molecule has 0 saturated carbocycles. The van der Waals surface area contributed by atoms with Crippen molar-refractivity contribution in [2.45, 2.75) is 26.2 Å². The Hall–Kier alpha value is -2.24. The predicted octanol–water partition coefficient (Wildman–Crippen LogP) is 1.68. The van der Waals surface area contributed by atoms with Gasteiger partial charge in [0, 0.05) is 31.3 Å². The van der Waals surface area contributed by atoms with E-state index >= 15 is 0 Å². The lowest BCUT2D eigenvalue weighted by atomic mass is 10.1. The number of ether oxygens (including phenoxy) is 2. The summed E-state index contributed by atoms with van der Waals surface area (Å²) in [5.74, 6) is 0.972. The summed E-state index contributed by atoms with van der Waals surface area (Å²) in [6, 6.07) is 5.40. The molecule has 3 rings (SSSR count). The van der Waals surface area contributed by atoms with Crippen molar-refractivity contribution in [3.63, 3.8) is 0 Å². The van der Waals surface area contributed by atoms with Crippen LogP contribution in [0, 0.1) is 5.92 Å². The fraction of sp³-hybridized carbons (Fsp3) is 0.500. The number of hydrogen-bond donors (Lipinski definition) is 1. The highest BCUT2D eigenvalue weighted by molar-refractivity contribution is 6.00. The molecule has 2 heterocycles. The number of nitrogens with one attached hydrogen (secondary N) is 1. The largest absolute Gasteiger partial charge is 0.454 e. The monoisotopic (exact) mass is 304 g/mol. The smallest absolute Gasteiger partial charge is 0.231 e. The molecular weight excluding hydrogens is 284 g/mol. The summed E-state index contributed by atoms with van der Waals surface area (Å²) in [6.07, 6.45) is 2.25. The topological polar surface area (TPSA) is 67.9 Å².